The van der Waals surface area contributed by atoms with Gasteiger partial charge in [-0.3, -0.25) is 28.3 Å². The summed E-state index contributed by atoms with van der Waals surface area (Å²) >= 11 is 0. The van der Waals surface area contributed by atoms with Gasteiger partial charge in [0.2, 0.25) is 0 Å². The Bertz CT molecular complexity index is 1980. The minimum atomic E-state index is -0.385. The Morgan fingerprint density at radius 1 is 0.447 bits per heavy atom. The minimum Gasteiger partial charge on any atom is -0.270 e. The second-order valence-electron chi connectivity index (χ2n) is 9.36. The fourth-order valence-corrected chi connectivity index (χ4v) is 5.06. The van der Waals surface area contributed by atoms with E-state index < -0.39 is 0 Å². The zero-order valence-electron chi connectivity index (χ0n) is 19.9. The molecular weight excluding hydrogens is 480 g/mol. The van der Waals surface area contributed by atoms with Crippen LogP contribution in [0.4, 0.5) is 0 Å². The van der Waals surface area contributed by atoms with Gasteiger partial charge in [-0.2, -0.15) is 0 Å². The maximum atomic E-state index is 13.1. The van der Waals surface area contributed by atoms with Crippen LogP contribution in [0.5, 0.6) is 0 Å². The predicted octanol–water partition coefficient (Wildman–Crippen LogP) is 3.11. The largest absolute Gasteiger partial charge is 0.270 e. The number of benzene rings is 4. The van der Waals surface area contributed by atoms with Crippen LogP contribution in [0.15, 0.2) is 104 Å². The molecular formula is C30H18N4O4. The summed E-state index contributed by atoms with van der Waals surface area (Å²) < 4.78 is 2.43. The number of rotatable bonds is 4. The van der Waals surface area contributed by atoms with Crippen LogP contribution < -0.4 is 22.2 Å². The quantitative estimate of drug-likeness (QED) is 0.346. The molecule has 7 aromatic rings. The number of fused-ring (bicyclic) bond motifs is 4. The zero-order chi connectivity index (χ0) is 26.0. The Morgan fingerprint density at radius 2 is 0.737 bits per heavy atom. The van der Waals surface area contributed by atoms with Gasteiger partial charge in [-0.1, -0.05) is 60.7 Å². The summed E-state index contributed by atoms with van der Waals surface area (Å²) in [4.78, 5) is 61.7. The normalized spacial score (nSPS) is 11.8. The van der Waals surface area contributed by atoms with E-state index in [-0.39, 0.29) is 56.9 Å². The van der Waals surface area contributed by atoms with Gasteiger partial charge in [-0.15, -0.1) is 0 Å². The van der Waals surface area contributed by atoms with Crippen LogP contribution in [0, 0.1) is 0 Å². The number of hydrogen-bond donors (Lipinski definition) is 0. The van der Waals surface area contributed by atoms with E-state index in [0.29, 0.717) is 22.1 Å². The topological polar surface area (TPSA) is 104 Å². The monoisotopic (exact) mass is 498 g/mol. The molecule has 3 aromatic heterocycles. The van der Waals surface area contributed by atoms with E-state index in [4.69, 9.17) is 0 Å². The maximum absolute atomic E-state index is 13.1. The van der Waals surface area contributed by atoms with Gasteiger partial charge in [0.25, 0.3) is 22.2 Å². The molecule has 0 N–H and O–H groups in total. The van der Waals surface area contributed by atoms with Gasteiger partial charge in [0.05, 0.1) is 56.7 Å². The van der Waals surface area contributed by atoms with Crippen molar-refractivity contribution in [3.8, 4) is 0 Å². The van der Waals surface area contributed by atoms with Crippen molar-refractivity contribution in [1.82, 2.24) is 19.1 Å². The molecule has 0 atom stereocenters. The molecule has 8 heteroatoms. The van der Waals surface area contributed by atoms with Crippen molar-refractivity contribution >= 4 is 43.6 Å². The molecule has 0 saturated carbocycles. The Hall–Kier alpha value is -5.24. The van der Waals surface area contributed by atoms with Gasteiger partial charge in [0.1, 0.15) is 0 Å². The van der Waals surface area contributed by atoms with Crippen molar-refractivity contribution in [1.29, 1.82) is 0 Å². The summed E-state index contributed by atoms with van der Waals surface area (Å²) in [5.74, 6) is 0. The molecule has 0 saturated heterocycles. The van der Waals surface area contributed by atoms with E-state index in [1.165, 1.54) is 9.13 Å². The van der Waals surface area contributed by atoms with E-state index >= 15 is 0 Å². The van der Waals surface area contributed by atoms with Crippen LogP contribution in [0.1, 0.15) is 11.1 Å². The molecule has 38 heavy (non-hydrogen) atoms. The SMILES string of the molecule is O=c1c2cc3nc4cc5c(=O)n(Cc6ccccc6)c(=O)c5cc4nc3cc2c(=O)n1Cc1ccccc1. The molecule has 0 aliphatic carbocycles. The van der Waals surface area contributed by atoms with Gasteiger partial charge < -0.3 is 0 Å². The molecule has 0 unspecified atom stereocenters. The summed E-state index contributed by atoms with van der Waals surface area (Å²) in [6.07, 6.45) is 0. The number of nitrogens with zero attached hydrogens (tertiary/aromatic N) is 4. The minimum absolute atomic E-state index is 0.169. The molecule has 4 aromatic carbocycles. The van der Waals surface area contributed by atoms with Crippen molar-refractivity contribution < 1.29 is 0 Å². The molecule has 7 rings (SSSR count). The first-order chi connectivity index (χ1) is 18.5. The van der Waals surface area contributed by atoms with Crippen molar-refractivity contribution in [2.24, 2.45) is 0 Å². The van der Waals surface area contributed by atoms with Crippen LogP contribution in [0.25, 0.3) is 43.6 Å². The average molecular weight is 498 g/mol. The summed E-state index contributed by atoms with van der Waals surface area (Å²) in [7, 11) is 0. The Labute approximate surface area is 213 Å². The lowest BCUT2D eigenvalue weighted by Gasteiger charge is -2.01. The molecule has 0 amide bonds. The van der Waals surface area contributed by atoms with E-state index in [9.17, 15) is 19.2 Å². The fourth-order valence-electron chi connectivity index (χ4n) is 5.06. The third kappa shape index (κ3) is 3.31. The highest BCUT2D eigenvalue weighted by Crippen LogP contribution is 2.22. The van der Waals surface area contributed by atoms with E-state index in [2.05, 4.69) is 9.97 Å². The second-order valence-corrected chi connectivity index (χ2v) is 9.36. The lowest BCUT2D eigenvalue weighted by Crippen LogP contribution is -2.25. The Morgan fingerprint density at radius 3 is 1.03 bits per heavy atom. The van der Waals surface area contributed by atoms with E-state index in [0.717, 1.165) is 11.1 Å². The fraction of sp³-hybridized carbons (Fsp3) is 0.0667. The summed E-state index contributed by atoms with van der Waals surface area (Å²) in [5.41, 5.74) is 1.86. The molecule has 8 nitrogen and oxygen atoms in total. The van der Waals surface area contributed by atoms with Crippen LogP contribution in [0.3, 0.4) is 0 Å². The molecule has 0 bridgehead atoms. The highest BCUT2D eigenvalue weighted by Gasteiger charge is 2.18. The van der Waals surface area contributed by atoms with Crippen molar-refractivity contribution in [2.45, 2.75) is 13.1 Å². The smallest absolute Gasteiger partial charge is 0.261 e. The number of aromatic nitrogens is 4. The van der Waals surface area contributed by atoms with Crippen LogP contribution in [-0.2, 0) is 13.1 Å². The standard InChI is InChI=1S/C30H18N4O4/c35-27-19-11-23-24(12-20(19)28(36)33(27)15-17-7-3-1-4-8-17)32-26-14-22-21(13-25(26)31-23)29(37)34(30(22)38)16-18-9-5-2-6-10-18/h1-14H,15-16H2. The first-order valence-electron chi connectivity index (χ1n) is 12.1. The third-order valence-corrected chi connectivity index (χ3v) is 6.98. The molecule has 3 heterocycles. The first kappa shape index (κ1) is 22.0. The van der Waals surface area contributed by atoms with E-state index in [1.54, 1.807) is 24.3 Å². The van der Waals surface area contributed by atoms with Gasteiger partial charge >= 0.3 is 0 Å². The maximum Gasteiger partial charge on any atom is 0.261 e. The Kier molecular flexibility index (Phi) is 4.71. The van der Waals surface area contributed by atoms with Gasteiger partial charge in [-0.25, -0.2) is 9.97 Å². The molecule has 0 aliphatic heterocycles. The summed E-state index contributed by atoms with van der Waals surface area (Å²) in [5, 5.41) is 1.09. The lowest BCUT2D eigenvalue weighted by atomic mass is 10.1. The lowest BCUT2D eigenvalue weighted by molar-refractivity contribution is 0.755. The van der Waals surface area contributed by atoms with Gasteiger partial charge in [0.15, 0.2) is 0 Å². The van der Waals surface area contributed by atoms with E-state index in [1.807, 2.05) is 60.7 Å². The van der Waals surface area contributed by atoms with Gasteiger partial charge in [-0.05, 0) is 35.4 Å². The zero-order valence-corrected chi connectivity index (χ0v) is 19.9. The third-order valence-electron chi connectivity index (χ3n) is 6.98. The van der Waals surface area contributed by atoms with Crippen molar-refractivity contribution in [3.05, 3.63) is 137 Å². The molecule has 0 radical (unpaired) electrons. The first-order valence-corrected chi connectivity index (χ1v) is 12.1. The van der Waals surface area contributed by atoms with Crippen molar-refractivity contribution in [3.63, 3.8) is 0 Å². The highest BCUT2D eigenvalue weighted by atomic mass is 16.2. The van der Waals surface area contributed by atoms with Crippen LogP contribution in [0.2, 0.25) is 0 Å². The molecule has 0 spiro atoms. The Balaban J connectivity index is 1.40. The average Bonchev–Trinajstić information content (AvgIpc) is 3.30. The summed E-state index contributed by atoms with van der Waals surface area (Å²) in [6.45, 7) is 0.339. The predicted molar refractivity (Wildman–Crippen MR) is 147 cm³/mol. The van der Waals surface area contributed by atoms with Gasteiger partial charge in [0, 0.05) is 0 Å². The molecule has 182 valence electrons. The molecule has 0 fully saturated rings. The van der Waals surface area contributed by atoms with Crippen molar-refractivity contribution in [2.75, 3.05) is 0 Å². The highest BCUT2D eigenvalue weighted by molar-refractivity contribution is 6.01. The van der Waals surface area contributed by atoms with Crippen LogP contribution >= 0.6 is 0 Å². The van der Waals surface area contributed by atoms with Crippen LogP contribution in [-0.4, -0.2) is 19.1 Å². The summed E-state index contributed by atoms with van der Waals surface area (Å²) in [6, 6.07) is 24.9. The number of hydrogen-bond acceptors (Lipinski definition) is 6. The second kappa shape index (κ2) is 8.14. The molecule has 0 aliphatic rings.